The van der Waals surface area contributed by atoms with Crippen molar-refractivity contribution in [2.24, 2.45) is 7.05 Å². The second-order valence-corrected chi connectivity index (χ2v) is 5.31. The second kappa shape index (κ2) is 6.87. The van der Waals surface area contributed by atoms with E-state index in [0.717, 1.165) is 0 Å². The van der Waals surface area contributed by atoms with Crippen LogP contribution in [-0.2, 0) is 11.8 Å². The third-order valence-electron chi connectivity index (χ3n) is 3.00. The Morgan fingerprint density at radius 1 is 1.32 bits per heavy atom. The summed E-state index contributed by atoms with van der Waals surface area (Å²) in [7, 11) is 1.71. The van der Waals surface area contributed by atoms with Crippen molar-refractivity contribution in [3.63, 3.8) is 0 Å². The molecule has 0 N–H and O–H groups in total. The van der Waals surface area contributed by atoms with Crippen molar-refractivity contribution in [3.8, 4) is 11.8 Å². The van der Waals surface area contributed by atoms with Crippen molar-refractivity contribution in [3.05, 3.63) is 51.0 Å². The van der Waals surface area contributed by atoms with E-state index in [1.165, 1.54) is 0 Å². The summed E-state index contributed by atoms with van der Waals surface area (Å²) in [5, 5.41) is 0.938. The standard InChI is InChI=1S/C16H14Cl2N2O2/c1-4-22-16(21)15-10(2)19-14(20(15)3)9-8-11-12(17)6-5-7-13(11)18/h5-7H,4H2,1-3H3. The van der Waals surface area contributed by atoms with Crippen LogP contribution < -0.4 is 0 Å². The summed E-state index contributed by atoms with van der Waals surface area (Å²) < 4.78 is 6.62. The van der Waals surface area contributed by atoms with Crippen LogP contribution in [0.2, 0.25) is 10.0 Å². The van der Waals surface area contributed by atoms with E-state index in [2.05, 4.69) is 16.8 Å². The van der Waals surface area contributed by atoms with E-state index in [-0.39, 0.29) is 0 Å². The molecule has 1 heterocycles. The molecule has 0 spiro atoms. The molecule has 0 atom stereocenters. The molecule has 0 aliphatic carbocycles. The van der Waals surface area contributed by atoms with Gasteiger partial charge in [-0.2, -0.15) is 0 Å². The molecule has 0 radical (unpaired) electrons. The fraction of sp³-hybridized carbons (Fsp3) is 0.250. The Labute approximate surface area is 139 Å². The Morgan fingerprint density at radius 2 is 1.95 bits per heavy atom. The first-order chi connectivity index (χ1) is 10.5. The van der Waals surface area contributed by atoms with Crippen LogP contribution in [0.1, 0.15) is 34.5 Å². The highest BCUT2D eigenvalue weighted by Crippen LogP contribution is 2.23. The average molecular weight is 337 g/mol. The molecular weight excluding hydrogens is 323 g/mol. The highest BCUT2D eigenvalue weighted by atomic mass is 35.5. The molecule has 0 saturated heterocycles. The molecule has 6 heteroatoms. The van der Waals surface area contributed by atoms with Crippen LogP contribution in [0.15, 0.2) is 18.2 Å². The molecule has 114 valence electrons. The number of carbonyl (C=O) groups excluding carboxylic acids is 1. The predicted molar refractivity (Wildman–Crippen MR) is 86.3 cm³/mol. The minimum atomic E-state index is -0.418. The van der Waals surface area contributed by atoms with Gasteiger partial charge in [0.1, 0.15) is 0 Å². The van der Waals surface area contributed by atoms with Gasteiger partial charge < -0.3 is 9.30 Å². The van der Waals surface area contributed by atoms with Crippen LogP contribution in [-0.4, -0.2) is 22.1 Å². The van der Waals surface area contributed by atoms with Gasteiger partial charge in [-0.15, -0.1) is 0 Å². The molecule has 4 nitrogen and oxygen atoms in total. The minimum Gasteiger partial charge on any atom is -0.461 e. The summed E-state index contributed by atoms with van der Waals surface area (Å²) in [5.74, 6) is 5.82. The number of esters is 1. The van der Waals surface area contributed by atoms with Crippen LogP contribution in [0.25, 0.3) is 0 Å². The maximum atomic E-state index is 11.9. The first kappa shape index (κ1) is 16.4. The summed E-state index contributed by atoms with van der Waals surface area (Å²) in [4.78, 5) is 16.2. The van der Waals surface area contributed by atoms with Crippen molar-refractivity contribution in [2.75, 3.05) is 6.61 Å². The number of rotatable bonds is 2. The number of hydrogen-bond donors (Lipinski definition) is 0. The molecule has 0 bridgehead atoms. The number of imidazole rings is 1. The van der Waals surface area contributed by atoms with Crippen LogP contribution in [0.5, 0.6) is 0 Å². The average Bonchev–Trinajstić information content (AvgIpc) is 2.73. The molecule has 0 amide bonds. The van der Waals surface area contributed by atoms with Gasteiger partial charge in [0.2, 0.25) is 0 Å². The van der Waals surface area contributed by atoms with Crippen molar-refractivity contribution in [1.29, 1.82) is 0 Å². The highest BCUT2D eigenvalue weighted by molar-refractivity contribution is 6.36. The van der Waals surface area contributed by atoms with Gasteiger partial charge in [-0.1, -0.05) is 35.2 Å². The third kappa shape index (κ3) is 3.27. The SMILES string of the molecule is CCOC(=O)c1c(C)nc(C#Cc2c(Cl)cccc2Cl)n1C. The van der Waals surface area contributed by atoms with Crippen LogP contribution in [0.4, 0.5) is 0 Å². The van der Waals surface area contributed by atoms with Gasteiger partial charge in [-0.05, 0) is 31.9 Å². The smallest absolute Gasteiger partial charge is 0.356 e. The number of aromatic nitrogens is 2. The zero-order valence-corrected chi connectivity index (χ0v) is 13.9. The van der Waals surface area contributed by atoms with Gasteiger partial charge in [-0.3, -0.25) is 0 Å². The molecule has 0 unspecified atom stereocenters. The maximum Gasteiger partial charge on any atom is 0.356 e. The number of halogens is 2. The second-order valence-electron chi connectivity index (χ2n) is 4.50. The summed E-state index contributed by atoms with van der Waals surface area (Å²) in [5.41, 5.74) is 1.48. The Kier molecular flexibility index (Phi) is 5.12. The van der Waals surface area contributed by atoms with Gasteiger partial charge in [0.05, 0.1) is 27.9 Å². The molecule has 1 aromatic heterocycles. The zero-order valence-electron chi connectivity index (χ0n) is 12.4. The molecule has 2 aromatic rings. The first-order valence-corrected chi connectivity index (χ1v) is 7.37. The summed E-state index contributed by atoms with van der Waals surface area (Å²) >= 11 is 12.2. The largest absolute Gasteiger partial charge is 0.461 e. The Hall–Kier alpha value is -1.96. The predicted octanol–water partition coefficient (Wildman–Crippen LogP) is 3.61. The number of hydrogen-bond acceptors (Lipinski definition) is 3. The van der Waals surface area contributed by atoms with E-state index < -0.39 is 5.97 Å². The van der Waals surface area contributed by atoms with E-state index in [9.17, 15) is 4.79 Å². The van der Waals surface area contributed by atoms with E-state index in [1.54, 1.807) is 43.7 Å². The Bertz CT molecular complexity index is 765. The number of ether oxygens (including phenoxy) is 1. The van der Waals surface area contributed by atoms with Crippen LogP contribution in [0.3, 0.4) is 0 Å². The topological polar surface area (TPSA) is 44.1 Å². The van der Waals surface area contributed by atoms with Crippen LogP contribution in [0, 0.1) is 18.8 Å². The number of carbonyl (C=O) groups is 1. The molecule has 0 aliphatic rings. The summed E-state index contributed by atoms with van der Waals surface area (Å²) in [6.07, 6.45) is 0. The maximum absolute atomic E-state index is 11.9. The van der Waals surface area contributed by atoms with E-state index >= 15 is 0 Å². The zero-order chi connectivity index (χ0) is 16.3. The normalized spacial score (nSPS) is 10.0. The fourth-order valence-corrected chi connectivity index (χ4v) is 2.46. The van der Waals surface area contributed by atoms with Crippen molar-refractivity contribution in [1.82, 2.24) is 9.55 Å². The van der Waals surface area contributed by atoms with E-state index in [1.807, 2.05) is 0 Å². The van der Waals surface area contributed by atoms with E-state index in [0.29, 0.717) is 39.4 Å². The molecule has 2 rings (SSSR count). The van der Waals surface area contributed by atoms with Gasteiger partial charge in [-0.25, -0.2) is 9.78 Å². The van der Waals surface area contributed by atoms with Crippen molar-refractivity contribution < 1.29 is 9.53 Å². The Balaban J connectivity index is 2.43. The quantitative estimate of drug-likeness (QED) is 0.621. The minimum absolute atomic E-state index is 0.305. The monoisotopic (exact) mass is 336 g/mol. The van der Waals surface area contributed by atoms with Crippen molar-refractivity contribution in [2.45, 2.75) is 13.8 Å². The molecule has 0 aliphatic heterocycles. The number of benzene rings is 1. The summed E-state index contributed by atoms with van der Waals surface area (Å²) in [6.45, 7) is 3.79. The molecule has 1 aromatic carbocycles. The number of aryl methyl sites for hydroxylation is 1. The molecule has 0 fully saturated rings. The van der Waals surface area contributed by atoms with Crippen LogP contribution >= 0.6 is 23.2 Å². The first-order valence-electron chi connectivity index (χ1n) is 6.62. The lowest BCUT2D eigenvalue weighted by Gasteiger charge is -2.03. The fourth-order valence-electron chi connectivity index (χ4n) is 1.97. The van der Waals surface area contributed by atoms with Crippen molar-refractivity contribution >= 4 is 29.2 Å². The lowest BCUT2D eigenvalue weighted by molar-refractivity contribution is 0.0514. The van der Waals surface area contributed by atoms with E-state index in [4.69, 9.17) is 27.9 Å². The molecule has 0 saturated carbocycles. The van der Waals surface area contributed by atoms with Gasteiger partial charge >= 0.3 is 5.97 Å². The van der Waals surface area contributed by atoms with Gasteiger partial charge in [0, 0.05) is 7.05 Å². The lowest BCUT2D eigenvalue weighted by Crippen LogP contribution is -2.11. The van der Waals surface area contributed by atoms with Gasteiger partial charge in [0.15, 0.2) is 11.5 Å². The Morgan fingerprint density at radius 3 is 2.55 bits per heavy atom. The third-order valence-corrected chi connectivity index (χ3v) is 3.63. The summed E-state index contributed by atoms with van der Waals surface area (Å²) in [6, 6.07) is 5.18. The van der Waals surface area contributed by atoms with Gasteiger partial charge in [0.25, 0.3) is 0 Å². The molecular formula is C16H14Cl2N2O2. The number of nitrogens with zero attached hydrogens (tertiary/aromatic N) is 2. The highest BCUT2D eigenvalue weighted by Gasteiger charge is 2.18. The lowest BCUT2D eigenvalue weighted by atomic mass is 10.2. The molecule has 22 heavy (non-hydrogen) atoms.